The van der Waals surface area contributed by atoms with E-state index in [1.54, 1.807) is 0 Å². The van der Waals surface area contributed by atoms with Crippen molar-refractivity contribution in [2.45, 2.75) is 44.3 Å². The molecule has 1 heterocycles. The van der Waals surface area contributed by atoms with Gasteiger partial charge in [0, 0.05) is 29.1 Å². The highest BCUT2D eigenvalue weighted by Gasteiger charge is 2.30. The van der Waals surface area contributed by atoms with Gasteiger partial charge in [-0.1, -0.05) is 35.0 Å². The van der Waals surface area contributed by atoms with Gasteiger partial charge in [0.05, 0.1) is 0 Å². The second-order valence-electron chi connectivity index (χ2n) is 6.32. The van der Waals surface area contributed by atoms with E-state index in [2.05, 4.69) is 71.0 Å². The summed E-state index contributed by atoms with van der Waals surface area (Å²) in [5, 5.41) is 0. The molecule has 1 aromatic rings. The summed E-state index contributed by atoms with van der Waals surface area (Å²) in [5.41, 5.74) is 7.81. The van der Waals surface area contributed by atoms with Gasteiger partial charge < -0.3 is 10.6 Å². The summed E-state index contributed by atoms with van der Waals surface area (Å²) >= 11 is 3.52. The summed E-state index contributed by atoms with van der Waals surface area (Å²) in [5.74, 6) is 0. The molecule has 1 aromatic carbocycles. The van der Waals surface area contributed by atoms with Crippen molar-refractivity contribution in [2.24, 2.45) is 5.73 Å². The maximum atomic E-state index is 6.47. The Balaban J connectivity index is 2.21. The number of hydrogen-bond acceptors (Lipinski definition) is 3. The number of halogens is 1. The second-order valence-corrected chi connectivity index (χ2v) is 7.24. The molecule has 1 fully saturated rings. The van der Waals surface area contributed by atoms with Gasteiger partial charge >= 0.3 is 0 Å². The number of benzene rings is 1. The number of likely N-dealkylation sites (tertiary alicyclic amines) is 1. The number of rotatable bonds is 5. The van der Waals surface area contributed by atoms with E-state index in [-0.39, 0.29) is 6.04 Å². The molecule has 118 valence electrons. The molecule has 0 bridgehead atoms. The Morgan fingerprint density at radius 3 is 2.57 bits per heavy atom. The molecule has 1 aliphatic rings. The van der Waals surface area contributed by atoms with Crippen LogP contribution in [0.15, 0.2) is 28.7 Å². The van der Waals surface area contributed by atoms with Crippen LogP contribution >= 0.6 is 15.9 Å². The Morgan fingerprint density at radius 1 is 1.33 bits per heavy atom. The summed E-state index contributed by atoms with van der Waals surface area (Å²) in [7, 11) is 4.37. The third-order valence-electron chi connectivity index (χ3n) is 4.64. The van der Waals surface area contributed by atoms with E-state index >= 15 is 0 Å². The van der Waals surface area contributed by atoms with E-state index in [1.165, 1.54) is 18.4 Å². The van der Waals surface area contributed by atoms with Crippen LogP contribution in [0.2, 0.25) is 0 Å². The van der Waals surface area contributed by atoms with Crippen LogP contribution in [0.3, 0.4) is 0 Å². The van der Waals surface area contributed by atoms with Crippen LogP contribution in [-0.2, 0) is 0 Å². The monoisotopic (exact) mass is 353 g/mol. The fourth-order valence-electron chi connectivity index (χ4n) is 3.27. The Kier molecular flexibility index (Phi) is 6.23. The number of piperidine rings is 1. The van der Waals surface area contributed by atoms with Crippen molar-refractivity contribution in [3.05, 3.63) is 34.3 Å². The Labute approximate surface area is 137 Å². The maximum Gasteiger partial charge on any atom is 0.0499 e. The van der Waals surface area contributed by atoms with E-state index in [1.807, 2.05) is 0 Å². The number of nitrogens with two attached hydrogens (primary N) is 1. The van der Waals surface area contributed by atoms with Crippen molar-refractivity contribution in [1.29, 1.82) is 0 Å². The number of hydrogen-bond donors (Lipinski definition) is 1. The molecule has 1 aliphatic heterocycles. The van der Waals surface area contributed by atoms with E-state index in [4.69, 9.17) is 5.73 Å². The summed E-state index contributed by atoms with van der Waals surface area (Å²) < 4.78 is 1.12. The van der Waals surface area contributed by atoms with Crippen molar-refractivity contribution in [3.8, 4) is 0 Å². The first kappa shape index (κ1) is 16.9. The van der Waals surface area contributed by atoms with Crippen LogP contribution in [0.4, 0.5) is 0 Å². The first-order chi connectivity index (χ1) is 10.0. The summed E-state index contributed by atoms with van der Waals surface area (Å²) in [6, 6.07) is 9.82. The van der Waals surface area contributed by atoms with Crippen molar-refractivity contribution < 1.29 is 0 Å². The summed E-state index contributed by atoms with van der Waals surface area (Å²) in [6.07, 6.45) is 3.55. The van der Waals surface area contributed by atoms with Gasteiger partial charge in [-0.3, -0.25) is 4.90 Å². The molecule has 21 heavy (non-hydrogen) atoms. The molecule has 0 radical (unpaired) electrons. The molecule has 1 saturated heterocycles. The molecule has 3 nitrogen and oxygen atoms in total. The minimum Gasteiger partial charge on any atom is -0.326 e. The Bertz CT molecular complexity index is 432. The third-order valence-corrected chi connectivity index (χ3v) is 5.17. The van der Waals surface area contributed by atoms with Crippen LogP contribution in [0.5, 0.6) is 0 Å². The van der Waals surface area contributed by atoms with E-state index < -0.39 is 0 Å². The zero-order valence-electron chi connectivity index (χ0n) is 13.4. The molecule has 0 aliphatic carbocycles. The topological polar surface area (TPSA) is 32.5 Å². The van der Waals surface area contributed by atoms with E-state index in [0.29, 0.717) is 12.1 Å². The lowest BCUT2D eigenvalue weighted by Crippen LogP contribution is -2.50. The molecule has 0 amide bonds. The van der Waals surface area contributed by atoms with Crippen LogP contribution in [-0.4, -0.2) is 49.1 Å². The first-order valence-electron chi connectivity index (χ1n) is 7.94. The van der Waals surface area contributed by atoms with Crippen LogP contribution in [0, 0.1) is 0 Å². The van der Waals surface area contributed by atoms with Gasteiger partial charge in [-0.2, -0.15) is 0 Å². The number of likely N-dealkylation sites (N-methyl/N-ethyl adjacent to an activating group) is 1. The standard InChI is InChI=1S/C17H28BrN3/c1-4-16(19)17(13-7-9-14(18)10-8-13)21-11-5-6-15(12-21)20(2)3/h7-10,15-17H,4-6,11-12,19H2,1-3H3. The van der Waals surface area contributed by atoms with Gasteiger partial charge in [-0.25, -0.2) is 0 Å². The normalized spacial score (nSPS) is 23.2. The largest absolute Gasteiger partial charge is 0.326 e. The average Bonchev–Trinajstić information content (AvgIpc) is 2.49. The van der Waals surface area contributed by atoms with E-state index in [9.17, 15) is 0 Å². The molecule has 3 atom stereocenters. The van der Waals surface area contributed by atoms with Gasteiger partial charge in [-0.05, 0) is 57.6 Å². The Morgan fingerprint density at radius 2 is 2.00 bits per heavy atom. The SMILES string of the molecule is CCC(N)C(c1ccc(Br)cc1)N1CCCC(N(C)C)C1. The fourth-order valence-corrected chi connectivity index (χ4v) is 3.53. The summed E-state index contributed by atoms with van der Waals surface area (Å²) in [6.45, 7) is 4.45. The van der Waals surface area contributed by atoms with E-state index in [0.717, 1.165) is 24.0 Å². The van der Waals surface area contributed by atoms with Crippen molar-refractivity contribution in [3.63, 3.8) is 0 Å². The first-order valence-corrected chi connectivity index (χ1v) is 8.73. The molecule has 4 heteroatoms. The van der Waals surface area contributed by atoms with Crippen molar-refractivity contribution >= 4 is 15.9 Å². The average molecular weight is 354 g/mol. The van der Waals surface area contributed by atoms with Gasteiger partial charge in [0.2, 0.25) is 0 Å². The quantitative estimate of drug-likeness (QED) is 0.881. The molecule has 0 saturated carbocycles. The van der Waals surface area contributed by atoms with Crippen LogP contribution in [0.25, 0.3) is 0 Å². The molecule has 0 aromatic heterocycles. The molecule has 2 rings (SSSR count). The molecule has 3 unspecified atom stereocenters. The third kappa shape index (κ3) is 4.28. The second kappa shape index (κ2) is 7.73. The lowest BCUT2D eigenvalue weighted by molar-refractivity contribution is 0.0832. The summed E-state index contributed by atoms with van der Waals surface area (Å²) in [4.78, 5) is 4.94. The maximum absolute atomic E-state index is 6.47. The smallest absolute Gasteiger partial charge is 0.0499 e. The minimum atomic E-state index is 0.187. The lowest BCUT2D eigenvalue weighted by Gasteiger charge is -2.42. The highest BCUT2D eigenvalue weighted by atomic mass is 79.9. The van der Waals surface area contributed by atoms with Gasteiger partial charge in [0.1, 0.15) is 0 Å². The molecule has 2 N–H and O–H groups in total. The lowest BCUT2D eigenvalue weighted by atomic mass is 9.93. The molecular formula is C17H28BrN3. The van der Waals surface area contributed by atoms with Gasteiger partial charge in [0.15, 0.2) is 0 Å². The zero-order chi connectivity index (χ0) is 15.4. The van der Waals surface area contributed by atoms with Gasteiger partial charge in [0.25, 0.3) is 0 Å². The minimum absolute atomic E-state index is 0.187. The highest BCUT2D eigenvalue weighted by Crippen LogP contribution is 2.29. The van der Waals surface area contributed by atoms with Crippen molar-refractivity contribution in [2.75, 3.05) is 27.2 Å². The van der Waals surface area contributed by atoms with Crippen LogP contribution in [0.1, 0.15) is 37.8 Å². The Hall–Kier alpha value is -0.420. The zero-order valence-corrected chi connectivity index (χ0v) is 15.0. The van der Waals surface area contributed by atoms with Crippen molar-refractivity contribution in [1.82, 2.24) is 9.80 Å². The van der Waals surface area contributed by atoms with Crippen LogP contribution < -0.4 is 5.73 Å². The predicted molar refractivity (Wildman–Crippen MR) is 93.4 cm³/mol. The van der Waals surface area contributed by atoms with Gasteiger partial charge in [-0.15, -0.1) is 0 Å². The highest BCUT2D eigenvalue weighted by molar-refractivity contribution is 9.10. The molecular weight excluding hydrogens is 326 g/mol. The molecule has 0 spiro atoms. The predicted octanol–water partition coefficient (Wildman–Crippen LogP) is 3.25. The number of nitrogens with zero attached hydrogens (tertiary/aromatic N) is 2. The fraction of sp³-hybridized carbons (Fsp3) is 0.647.